The van der Waals surface area contributed by atoms with E-state index in [1.807, 2.05) is 0 Å². The molecule has 2 amide bonds. The fourth-order valence-electron chi connectivity index (χ4n) is 5.48. The molecule has 2 atom stereocenters. The van der Waals surface area contributed by atoms with Gasteiger partial charge in [-0.15, -0.1) is 0 Å². The van der Waals surface area contributed by atoms with Gasteiger partial charge in [0.1, 0.15) is 12.1 Å². The first-order valence-corrected chi connectivity index (χ1v) is 20.8. The van der Waals surface area contributed by atoms with Crippen molar-refractivity contribution < 1.29 is 34.1 Å². The molecule has 0 spiro atoms. The number of carbonyl (C=O) groups excluding carboxylic acids is 3. The third kappa shape index (κ3) is 35.3. The van der Waals surface area contributed by atoms with E-state index in [1.54, 1.807) is 0 Å². The Bertz CT molecular complexity index is 1140. The van der Waals surface area contributed by atoms with Crippen LogP contribution in [0.3, 0.4) is 0 Å². The summed E-state index contributed by atoms with van der Waals surface area (Å²) in [7, 11) is 0. The zero-order chi connectivity index (χ0) is 39.7. The number of hydrogen-bond donors (Lipinski definition) is 4. The number of carbonyl (C=O) groups is 4. The Labute approximate surface area is 327 Å². The number of aliphatic hydroxyl groups is 1. The van der Waals surface area contributed by atoms with Gasteiger partial charge in [-0.1, -0.05) is 138 Å². The van der Waals surface area contributed by atoms with E-state index in [1.165, 1.54) is 32.1 Å². The number of aliphatic carboxylic acids is 1. The Kier molecular flexibility index (Phi) is 36.3. The quantitative estimate of drug-likeness (QED) is 0.0283. The molecule has 306 valence electrons. The highest BCUT2D eigenvalue weighted by atomic mass is 16.5. The molecular formula is C45H74N2O7. The third-order valence-corrected chi connectivity index (χ3v) is 8.67. The summed E-state index contributed by atoms with van der Waals surface area (Å²) in [6.45, 7) is 3.33. The van der Waals surface area contributed by atoms with Crippen LogP contribution in [0.2, 0.25) is 0 Å². The van der Waals surface area contributed by atoms with Crippen molar-refractivity contribution >= 4 is 23.8 Å². The molecule has 2 unspecified atom stereocenters. The summed E-state index contributed by atoms with van der Waals surface area (Å²) in [5.74, 6) is -2.40. The lowest BCUT2D eigenvalue weighted by Crippen LogP contribution is -2.47. The smallest absolute Gasteiger partial charge is 0.328 e. The van der Waals surface area contributed by atoms with Gasteiger partial charge in [-0.2, -0.15) is 0 Å². The number of aliphatic hydroxyl groups excluding tert-OH is 1. The first-order valence-electron chi connectivity index (χ1n) is 20.8. The van der Waals surface area contributed by atoms with Gasteiger partial charge in [0.2, 0.25) is 11.8 Å². The van der Waals surface area contributed by atoms with Crippen molar-refractivity contribution in [2.45, 2.75) is 174 Å². The number of amides is 2. The highest BCUT2D eigenvalue weighted by Crippen LogP contribution is 2.15. The molecule has 0 heterocycles. The lowest BCUT2D eigenvalue weighted by molar-refractivity contribution is -0.147. The molecule has 0 aliphatic rings. The fourth-order valence-corrected chi connectivity index (χ4v) is 5.48. The van der Waals surface area contributed by atoms with Gasteiger partial charge >= 0.3 is 11.9 Å². The van der Waals surface area contributed by atoms with E-state index in [9.17, 15) is 19.2 Å². The molecule has 0 bridgehead atoms. The Morgan fingerprint density at radius 1 is 0.593 bits per heavy atom. The first-order chi connectivity index (χ1) is 26.3. The van der Waals surface area contributed by atoms with Crippen molar-refractivity contribution in [1.29, 1.82) is 0 Å². The minimum Gasteiger partial charge on any atom is -0.480 e. The number of rotatable bonds is 36. The molecule has 0 aromatic rings. The topological polar surface area (TPSA) is 142 Å². The molecular weight excluding hydrogens is 681 g/mol. The molecule has 4 N–H and O–H groups in total. The summed E-state index contributed by atoms with van der Waals surface area (Å²) in [5.41, 5.74) is 0. The number of carboxylic acid groups (broad SMARTS) is 1. The highest BCUT2D eigenvalue weighted by Gasteiger charge is 2.18. The average Bonchev–Trinajstić information content (AvgIpc) is 3.15. The number of ether oxygens (including phenoxy) is 1. The SMILES string of the molecule is CC/C=C\C/C=C\C/C=C\C/C=C\C/C=C\CCCC(=O)OC(/C=C\CCCCCCCC)CCCCCCCCC(=O)NCC(=O)NC(CO)C(=O)O. The van der Waals surface area contributed by atoms with E-state index in [-0.39, 0.29) is 30.9 Å². The van der Waals surface area contributed by atoms with Crippen molar-refractivity contribution in [1.82, 2.24) is 10.6 Å². The monoisotopic (exact) mass is 755 g/mol. The van der Waals surface area contributed by atoms with Crippen LogP contribution in [-0.2, 0) is 23.9 Å². The Balaban J connectivity index is 4.35. The second-order valence-electron chi connectivity index (χ2n) is 13.7. The maximum Gasteiger partial charge on any atom is 0.328 e. The molecule has 0 rings (SSSR count). The van der Waals surface area contributed by atoms with Crippen LogP contribution in [0.4, 0.5) is 0 Å². The zero-order valence-corrected chi connectivity index (χ0v) is 33.7. The summed E-state index contributed by atoms with van der Waals surface area (Å²) in [6, 6.07) is -1.39. The Hall–Kier alpha value is -3.72. The molecule has 0 saturated heterocycles. The summed E-state index contributed by atoms with van der Waals surface area (Å²) < 4.78 is 5.90. The molecule has 0 radical (unpaired) electrons. The average molecular weight is 755 g/mol. The van der Waals surface area contributed by atoms with Crippen LogP contribution >= 0.6 is 0 Å². The molecule has 9 nitrogen and oxygen atoms in total. The number of allylic oxidation sites excluding steroid dienone is 11. The maximum absolute atomic E-state index is 12.7. The van der Waals surface area contributed by atoms with Crippen molar-refractivity contribution in [2.24, 2.45) is 0 Å². The lowest BCUT2D eigenvalue weighted by Gasteiger charge is -2.14. The van der Waals surface area contributed by atoms with E-state index in [4.69, 9.17) is 14.9 Å². The Morgan fingerprint density at radius 2 is 1.13 bits per heavy atom. The van der Waals surface area contributed by atoms with Crippen molar-refractivity contribution in [3.8, 4) is 0 Å². The van der Waals surface area contributed by atoms with Gasteiger partial charge < -0.3 is 25.6 Å². The van der Waals surface area contributed by atoms with E-state index in [0.29, 0.717) is 12.8 Å². The molecule has 0 aliphatic heterocycles. The summed E-state index contributed by atoms with van der Waals surface area (Å²) in [6.07, 6.45) is 48.1. The number of nitrogens with one attached hydrogen (secondary N) is 2. The van der Waals surface area contributed by atoms with Crippen LogP contribution in [0.25, 0.3) is 0 Å². The molecule has 0 aliphatic carbocycles. The predicted molar refractivity (Wildman–Crippen MR) is 222 cm³/mol. The maximum atomic E-state index is 12.7. The van der Waals surface area contributed by atoms with E-state index >= 15 is 0 Å². The minimum atomic E-state index is -1.39. The van der Waals surface area contributed by atoms with Gasteiger partial charge in [-0.05, 0) is 83.1 Å². The molecule has 0 aromatic heterocycles. The number of hydrogen-bond acceptors (Lipinski definition) is 6. The largest absolute Gasteiger partial charge is 0.480 e. The molecule has 0 saturated carbocycles. The van der Waals surface area contributed by atoms with Gasteiger partial charge in [0.05, 0.1) is 13.2 Å². The molecule has 0 aromatic carbocycles. The van der Waals surface area contributed by atoms with Gasteiger partial charge in [-0.25, -0.2) is 4.79 Å². The van der Waals surface area contributed by atoms with Crippen LogP contribution in [0.5, 0.6) is 0 Å². The number of unbranched alkanes of at least 4 members (excludes halogenated alkanes) is 12. The summed E-state index contributed by atoms with van der Waals surface area (Å²) in [4.78, 5) is 47.3. The lowest BCUT2D eigenvalue weighted by atomic mass is 10.0. The minimum absolute atomic E-state index is 0.137. The van der Waals surface area contributed by atoms with Crippen molar-refractivity contribution in [3.05, 3.63) is 72.9 Å². The fraction of sp³-hybridized carbons (Fsp3) is 0.644. The highest BCUT2D eigenvalue weighted by molar-refractivity contribution is 5.87. The second kappa shape index (κ2) is 39.0. The van der Waals surface area contributed by atoms with Crippen LogP contribution < -0.4 is 10.6 Å². The van der Waals surface area contributed by atoms with E-state index < -0.39 is 24.5 Å². The first kappa shape index (κ1) is 50.3. The predicted octanol–water partition coefficient (Wildman–Crippen LogP) is 9.93. The number of carboxylic acids is 1. The van der Waals surface area contributed by atoms with Gasteiger partial charge in [0, 0.05) is 12.8 Å². The van der Waals surface area contributed by atoms with Crippen LogP contribution in [-0.4, -0.2) is 59.3 Å². The van der Waals surface area contributed by atoms with Crippen LogP contribution in [0.1, 0.15) is 162 Å². The zero-order valence-electron chi connectivity index (χ0n) is 33.7. The molecule has 54 heavy (non-hydrogen) atoms. The van der Waals surface area contributed by atoms with Crippen LogP contribution in [0.15, 0.2) is 72.9 Å². The third-order valence-electron chi connectivity index (χ3n) is 8.67. The summed E-state index contributed by atoms with van der Waals surface area (Å²) >= 11 is 0. The van der Waals surface area contributed by atoms with Crippen molar-refractivity contribution in [3.63, 3.8) is 0 Å². The van der Waals surface area contributed by atoms with Gasteiger partial charge in [-0.3, -0.25) is 14.4 Å². The van der Waals surface area contributed by atoms with E-state index in [0.717, 1.165) is 96.3 Å². The van der Waals surface area contributed by atoms with E-state index in [2.05, 4.69) is 97.4 Å². The van der Waals surface area contributed by atoms with Crippen molar-refractivity contribution in [2.75, 3.05) is 13.2 Å². The molecule has 0 fully saturated rings. The standard InChI is InChI=1S/C45H74N2O7/c1-3-5-7-9-11-13-14-15-16-17-18-19-20-21-23-29-33-37-44(51)54-40(34-30-26-22-12-10-8-6-4-2)35-31-27-24-25-28-32-36-42(49)46-38-43(50)47-41(39-48)45(52)53/h5,7,11,13,15-16,18-19,21,23,30,34,40-41,48H,3-4,6,8-10,12,14,17,20,22,24-29,31-33,35-39H2,1-2H3,(H,46,49)(H,47,50)(H,52,53)/b7-5-,13-11-,16-15-,19-18-,23-21-,34-30-. The normalized spacial score (nSPS) is 13.2. The number of esters is 1. The summed E-state index contributed by atoms with van der Waals surface area (Å²) in [5, 5.41) is 22.5. The molecule has 9 heteroatoms. The second-order valence-corrected chi connectivity index (χ2v) is 13.7. The van der Waals surface area contributed by atoms with Gasteiger partial charge in [0.25, 0.3) is 0 Å². The van der Waals surface area contributed by atoms with Crippen LogP contribution in [0, 0.1) is 0 Å². The Morgan fingerprint density at radius 3 is 1.72 bits per heavy atom. The van der Waals surface area contributed by atoms with Gasteiger partial charge in [0.15, 0.2) is 0 Å².